The SMILES string of the molecule is CC(C)CC(C)(C)C(=O)NCCC1CCCNC1. The first-order valence-electron chi connectivity index (χ1n) is 7.41. The highest BCUT2D eigenvalue weighted by Crippen LogP contribution is 2.25. The van der Waals surface area contributed by atoms with E-state index in [0.717, 1.165) is 38.4 Å². The number of carbonyl (C=O) groups excluding carboxylic acids is 1. The van der Waals surface area contributed by atoms with Crippen LogP contribution in [-0.2, 0) is 4.79 Å². The molecule has 0 aromatic carbocycles. The maximum absolute atomic E-state index is 12.1. The average Bonchev–Trinajstić information content (AvgIpc) is 2.28. The summed E-state index contributed by atoms with van der Waals surface area (Å²) in [7, 11) is 0. The molecule has 1 atom stereocenters. The van der Waals surface area contributed by atoms with Crippen LogP contribution in [0.15, 0.2) is 0 Å². The van der Waals surface area contributed by atoms with E-state index in [2.05, 4.69) is 24.5 Å². The van der Waals surface area contributed by atoms with Gasteiger partial charge in [-0.25, -0.2) is 0 Å². The lowest BCUT2D eigenvalue weighted by molar-refractivity contribution is -0.130. The van der Waals surface area contributed by atoms with Crippen molar-refractivity contribution in [3.63, 3.8) is 0 Å². The first-order chi connectivity index (χ1) is 8.42. The van der Waals surface area contributed by atoms with Gasteiger partial charge in [-0.3, -0.25) is 4.79 Å². The van der Waals surface area contributed by atoms with Gasteiger partial charge in [0.05, 0.1) is 0 Å². The Kier molecular flexibility index (Phi) is 6.13. The van der Waals surface area contributed by atoms with Crippen molar-refractivity contribution < 1.29 is 4.79 Å². The van der Waals surface area contributed by atoms with Gasteiger partial charge in [0, 0.05) is 12.0 Å². The van der Waals surface area contributed by atoms with Crippen LogP contribution in [0.25, 0.3) is 0 Å². The number of hydrogen-bond acceptors (Lipinski definition) is 2. The van der Waals surface area contributed by atoms with Crippen molar-refractivity contribution in [2.24, 2.45) is 17.3 Å². The van der Waals surface area contributed by atoms with Crippen LogP contribution in [0, 0.1) is 17.3 Å². The van der Waals surface area contributed by atoms with Gasteiger partial charge >= 0.3 is 0 Å². The van der Waals surface area contributed by atoms with Crippen molar-refractivity contribution >= 4 is 5.91 Å². The highest BCUT2D eigenvalue weighted by atomic mass is 16.2. The first-order valence-corrected chi connectivity index (χ1v) is 7.41. The Labute approximate surface area is 112 Å². The van der Waals surface area contributed by atoms with Crippen LogP contribution in [-0.4, -0.2) is 25.5 Å². The van der Waals surface area contributed by atoms with Crippen LogP contribution in [0.4, 0.5) is 0 Å². The van der Waals surface area contributed by atoms with E-state index in [-0.39, 0.29) is 11.3 Å². The van der Waals surface area contributed by atoms with E-state index in [9.17, 15) is 4.79 Å². The fraction of sp³-hybridized carbons (Fsp3) is 0.933. The Morgan fingerprint density at radius 3 is 2.72 bits per heavy atom. The van der Waals surface area contributed by atoms with Crippen LogP contribution in [0.5, 0.6) is 0 Å². The highest BCUT2D eigenvalue weighted by Gasteiger charge is 2.28. The quantitative estimate of drug-likeness (QED) is 0.765. The number of carbonyl (C=O) groups is 1. The maximum atomic E-state index is 12.1. The summed E-state index contributed by atoms with van der Waals surface area (Å²) >= 11 is 0. The second-order valence-corrected chi connectivity index (χ2v) is 6.74. The Morgan fingerprint density at radius 2 is 2.17 bits per heavy atom. The molecular weight excluding hydrogens is 224 g/mol. The molecule has 0 saturated carbocycles. The zero-order valence-electron chi connectivity index (χ0n) is 12.5. The van der Waals surface area contributed by atoms with E-state index < -0.39 is 0 Å². The summed E-state index contributed by atoms with van der Waals surface area (Å²) in [5.74, 6) is 1.51. The smallest absolute Gasteiger partial charge is 0.225 e. The van der Waals surface area contributed by atoms with Crippen LogP contribution in [0.3, 0.4) is 0 Å². The topological polar surface area (TPSA) is 41.1 Å². The number of amides is 1. The highest BCUT2D eigenvalue weighted by molar-refractivity contribution is 5.81. The molecule has 3 heteroatoms. The third-order valence-corrected chi connectivity index (χ3v) is 3.77. The lowest BCUT2D eigenvalue weighted by Gasteiger charge is -2.27. The molecule has 1 aliphatic rings. The van der Waals surface area contributed by atoms with Crippen LogP contribution < -0.4 is 10.6 Å². The number of nitrogens with one attached hydrogen (secondary N) is 2. The lowest BCUT2D eigenvalue weighted by Crippen LogP contribution is -2.39. The van der Waals surface area contributed by atoms with Gasteiger partial charge < -0.3 is 10.6 Å². The van der Waals surface area contributed by atoms with Crippen molar-refractivity contribution in [2.75, 3.05) is 19.6 Å². The number of hydrogen-bond donors (Lipinski definition) is 2. The van der Waals surface area contributed by atoms with E-state index in [1.165, 1.54) is 12.8 Å². The molecule has 18 heavy (non-hydrogen) atoms. The predicted molar refractivity (Wildman–Crippen MR) is 76.5 cm³/mol. The molecule has 0 aliphatic carbocycles. The molecule has 0 spiro atoms. The van der Waals surface area contributed by atoms with Crippen LogP contribution in [0.2, 0.25) is 0 Å². The molecular formula is C15H30N2O. The molecule has 106 valence electrons. The molecule has 1 unspecified atom stereocenters. The van der Waals surface area contributed by atoms with Crippen LogP contribution in [0.1, 0.15) is 53.4 Å². The summed E-state index contributed by atoms with van der Waals surface area (Å²) in [6, 6.07) is 0. The van der Waals surface area contributed by atoms with Gasteiger partial charge in [-0.15, -0.1) is 0 Å². The molecule has 2 N–H and O–H groups in total. The largest absolute Gasteiger partial charge is 0.356 e. The molecule has 1 amide bonds. The minimum Gasteiger partial charge on any atom is -0.356 e. The van der Waals surface area contributed by atoms with E-state index in [1.54, 1.807) is 0 Å². The number of rotatable bonds is 6. The summed E-state index contributed by atoms with van der Waals surface area (Å²) in [6.45, 7) is 11.5. The molecule has 1 saturated heterocycles. The maximum Gasteiger partial charge on any atom is 0.225 e. The zero-order chi connectivity index (χ0) is 13.6. The third-order valence-electron chi connectivity index (χ3n) is 3.77. The van der Waals surface area contributed by atoms with E-state index >= 15 is 0 Å². The monoisotopic (exact) mass is 254 g/mol. The molecule has 0 bridgehead atoms. The van der Waals surface area contributed by atoms with Gasteiger partial charge in [-0.05, 0) is 50.6 Å². The second-order valence-electron chi connectivity index (χ2n) is 6.74. The Balaban J connectivity index is 2.23. The standard InChI is InChI=1S/C15H30N2O/c1-12(2)10-15(3,4)14(18)17-9-7-13-6-5-8-16-11-13/h12-13,16H,5-11H2,1-4H3,(H,17,18). The molecule has 0 aromatic heterocycles. The molecule has 1 aliphatic heterocycles. The Hall–Kier alpha value is -0.570. The predicted octanol–water partition coefficient (Wildman–Crippen LogP) is 2.56. The summed E-state index contributed by atoms with van der Waals surface area (Å²) < 4.78 is 0. The summed E-state index contributed by atoms with van der Waals surface area (Å²) in [5.41, 5.74) is -0.237. The second kappa shape index (κ2) is 7.13. The summed E-state index contributed by atoms with van der Waals surface area (Å²) in [5, 5.41) is 6.53. The van der Waals surface area contributed by atoms with Crippen molar-refractivity contribution in [1.82, 2.24) is 10.6 Å². The number of piperidine rings is 1. The van der Waals surface area contributed by atoms with Crippen molar-refractivity contribution in [2.45, 2.75) is 53.4 Å². The zero-order valence-corrected chi connectivity index (χ0v) is 12.5. The lowest BCUT2D eigenvalue weighted by atomic mass is 9.83. The van der Waals surface area contributed by atoms with E-state index in [4.69, 9.17) is 0 Å². The van der Waals surface area contributed by atoms with Gasteiger partial charge in [-0.2, -0.15) is 0 Å². The van der Waals surface area contributed by atoms with Gasteiger partial charge in [-0.1, -0.05) is 27.7 Å². The molecule has 1 fully saturated rings. The van der Waals surface area contributed by atoms with Crippen LogP contribution >= 0.6 is 0 Å². The van der Waals surface area contributed by atoms with E-state index in [1.807, 2.05) is 13.8 Å². The summed E-state index contributed by atoms with van der Waals surface area (Å²) in [6.07, 6.45) is 4.63. The van der Waals surface area contributed by atoms with Crippen molar-refractivity contribution in [1.29, 1.82) is 0 Å². The first kappa shape index (κ1) is 15.5. The van der Waals surface area contributed by atoms with Gasteiger partial charge in [0.25, 0.3) is 0 Å². The molecule has 0 radical (unpaired) electrons. The molecule has 0 aromatic rings. The third kappa shape index (κ3) is 5.38. The summed E-state index contributed by atoms with van der Waals surface area (Å²) in [4.78, 5) is 12.1. The van der Waals surface area contributed by atoms with Gasteiger partial charge in [0.1, 0.15) is 0 Å². The fourth-order valence-corrected chi connectivity index (χ4v) is 2.91. The molecule has 1 rings (SSSR count). The minimum absolute atomic E-state index is 0.208. The molecule has 3 nitrogen and oxygen atoms in total. The van der Waals surface area contributed by atoms with Gasteiger partial charge in [0.15, 0.2) is 0 Å². The van der Waals surface area contributed by atoms with Crippen molar-refractivity contribution in [3.05, 3.63) is 0 Å². The van der Waals surface area contributed by atoms with Crippen molar-refractivity contribution in [3.8, 4) is 0 Å². The fourth-order valence-electron chi connectivity index (χ4n) is 2.91. The van der Waals surface area contributed by atoms with Gasteiger partial charge in [0.2, 0.25) is 5.91 Å². The Bertz CT molecular complexity index is 255. The molecule has 1 heterocycles. The Morgan fingerprint density at radius 1 is 1.44 bits per heavy atom. The normalized spacial score (nSPS) is 21.1. The van der Waals surface area contributed by atoms with E-state index in [0.29, 0.717) is 5.92 Å². The minimum atomic E-state index is -0.237. The average molecular weight is 254 g/mol.